The molecule has 0 aliphatic heterocycles. The van der Waals surface area contributed by atoms with Gasteiger partial charge in [-0.2, -0.15) is 12.1 Å². The van der Waals surface area contributed by atoms with E-state index in [1.165, 1.54) is 82.4 Å². The average Bonchev–Trinajstić information content (AvgIpc) is 3.63. The van der Waals surface area contributed by atoms with Crippen LogP contribution in [-0.4, -0.2) is 5.43 Å². The molecule has 47 heavy (non-hydrogen) atoms. The van der Waals surface area contributed by atoms with Gasteiger partial charge in [-0.3, -0.25) is 0 Å². The van der Waals surface area contributed by atoms with E-state index in [0.717, 1.165) is 0 Å². The van der Waals surface area contributed by atoms with Crippen LogP contribution >= 0.6 is 0 Å². The minimum absolute atomic E-state index is 0. The van der Waals surface area contributed by atoms with Crippen LogP contribution in [0.15, 0.2) is 115 Å². The molecule has 0 aliphatic rings. The molecule has 0 saturated carbocycles. The van der Waals surface area contributed by atoms with E-state index in [2.05, 4.69) is 170 Å². The number of aryl methyl sites for hydroxylation is 3. The summed E-state index contributed by atoms with van der Waals surface area (Å²) >= 11 is 1.74. The first-order valence-electron chi connectivity index (χ1n) is 16.0. The molecule has 0 heterocycles. The molecule has 7 rings (SSSR count). The summed E-state index contributed by atoms with van der Waals surface area (Å²) in [5, 5.41) is 8.09. The van der Waals surface area contributed by atoms with Gasteiger partial charge in [0, 0.05) is 0 Å². The number of hydrogen-bond acceptors (Lipinski definition) is 0. The van der Waals surface area contributed by atoms with Crippen molar-refractivity contribution in [1.82, 2.24) is 0 Å². The Morgan fingerprint density at radius 3 is 1.85 bits per heavy atom. The summed E-state index contributed by atoms with van der Waals surface area (Å²) in [5.74, 6) is 0.563. The monoisotopic (exact) mass is 748 g/mol. The predicted octanol–water partition coefficient (Wildman–Crippen LogP) is 6.75. The Kier molecular flexibility index (Phi) is 14.1. The number of fused-ring (bicyclic) bond motifs is 3. The minimum atomic E-state index is 0. The summed E-state index contributed by atoms with van der Waals surface area (Å²) in [4.78, 5) is 0. The van der Waals surface area contributed by atoms with Gasteiger partial charge in [-0.25, -0.2) is 0 Å². The third-order valence-corrected chi connectivity index (χ3v) is 8.66. The van der Waals surface area contributed by atoms with Crippen LogP contribution in [0.2, 0.25) is 13.1 Å². The third kappa shape index (κ3) is 8.84. The molecule has 0 atom stereocenters. The largest absolute Gasteiger partial charge is 1.00 e. The zero-order valence-corrected chi connectivity index (χ0v) is 33.8. The summed E-state index contributed by atoms with van der Waals surface area (Å²) in [7, 11) is 0. The summed E-state index contributed by atoms with van der Waals surface area (Å²) in [5.41, 5.74) is 12.4. The van der Waals surface area contributed by atoms with Gasteiger partial charge in [0.2, 0.25) is 0 Å². The normalized spacial score (nSPS) is 10.5. The fourth-order valence-corrected chi connectivity index (χ4v) is 6.15. The van der Waals surface area contributed by atoms with E-state index >= 15 is 0 Å². The van der Waals surface area contributed by atoms with Gasteiger partial charge in [0.1, 0.15) is 0 Å². The fraction of sp³-hybridized carbons (Fsp3) is 0.209. The first-order valence-corrected chi connectivity index (χ1v) is 22.2. The van der Waals surface area contributed by atoms with Gasteiger partial charge in [-0.05, 0) is 52.8 Å². The first-order chi connectivity index (χ1) is 21.5. The smallest absolute Gasteiger partial charge is 0.0247 e. The van der Waals surface area contributed by atoms with Crippen LogP contribution in [0.5, 0.6) is 0 Å². The Labute approximate surface area is 309 Å². The number of benzene rings is 5. The molecule has 0 fully saturated rings. The zero-order valence-electron chi connectivity index (χ0n) is 28.8. The van der Waals surface area contributed by atoms with Crippen molar-refractivity contribution in [2.75, 3.05) is 0 Å². The molecule has 0 saturated heterocycles. The molecule has 0 radical (unpaired) electrons. The Balaban J connectivity index is 0.000000223. The van der Waals surface area contributed by atoms with Crippen LogP contribution in [-0.2, 0) is 23.3 Å². The molecule has 0 bridgehead atoms. The maximum Gasteiger partial charge on any atom is -0.0247 e. The SMILES string of the molecule is CC(C)c1cc2c(-c3cccc4ccccc34)cccc2[cH-]1.C[Si](C)=[Zr+2].Cc1cc2c(-c3cccc(C)c3C)ccc(C)c2[cH-]1.[Cl-].[Cl-]. The van der Waals surface area contributed by atoms with Crippen LogP contribution in [0.25, 0.3) is 54.6 Å². The Morgan fingerprint density at radius 1 is 0.574 bits per heavy atom. The average molecular weight is 751 g/mol. The van der Waals surface area contributed by atoms with Crippen molar-refractivity contribution in [2.45, 2.75) is 60.6 Å². The van der Waals surface area contributed by atoms with Gasteiger partial charge < -0.3 is 24.8 Å². The minimum Gasteiger partial charge on any atom is -1.00 e. The maximum absolute atomic E-state index is 2.36. The summed E-state index contributed by atoms with van der Waals surface area (Å²) in [6.07, 6.45) is 0. The van der Waals surface area contributed by atoms with Gasteiger partial charge >= 0.3 is 41.9 Å². The zero-order chi connectivity index (χ0) is 32.2. The second-order valence-electron chi connectivity index (χ2n) is 12.8. The van der Waals surface area contributed by atoms with Crippen LogP contribution in [0.3, 0.4) is 0 Å². The van der Waals surface area contributed by atoms with Gasteiger partial charge in [-0.15, -0.1) is 68.6 Å². The summed E-state index contributed by atoms with van der Waals surface area (Å²) < 4.78 is 0. The molecular weight excluding hydrogens is 707 g/mol. The van der Waals surface area contributed by atoms with Crippen molar-refractivity contribution in [1.29, 1.82) is 0 Å². The molecule has 0 unspecified atom stereocenters. The molecule has 0 aliphatic carbocycles. The van der Waals surface area contributed by atoms with Crippen LogP contribution in [0.1, 0.15) is 47.6 Å². The van der Waals surface area contributed by atoms with E-state index in [4.69, 9.17) is 0 Å². The van der Waals surface area contributed by atoms with E-state index in [1.54, 1.807) is 23.3 Å². The molecule has 240 valence electrons. The van der Waals surface area contributed by atoms with E-state index in [9.17, 15) is 0 Å². The predicted molar refractivity (Wildman–Crippen MR) is 198 cm³/mol. The quantitative estimate of drug-likeness (QED) is 0.139. The number of hydrogen-bond donors (Lipinski definition) is 0. The van der Waals surface area contributed by atoms with Crippen LogP contribution < -0.4 is 24.8 Å². The summed E-state index contributed by atoms with van der Waals surface area (Å²) in [6, 6.07) is 42.2. The standard InChI is InChI=1S/C22H19.C19H19.C2H6Si.2ClH.Zr/c1-15(2)18-13-17-9-6-12-21(22(17)14-18)20-11-5-8-16-7-3-4-10-19(16)20;1-12-10-18-14(3)8-9-17(19(18)11-12)16-7-5-6-13(2)15(16)4;1-3-2;;;/h3-15H,1-2H3;5-11H,1-4H3;1-2H3;2*1H;/q2*-1;;;;+2/p-2. The van der Waals surface area contributed by atoms with E-state index in [1.807, 2.05) is 0 Å². The van der Waals surface area contributed by atoms with E-state index in [-0.39, 0.29) is 30.2 Å². The second-order valence-corrected chi connectivity index (χ2v) is 22.2. The molecule has 0 N–H and O–H groups in total. The Hall–Kier alpha value is -2.74. The molecule has 0 spiro atoms. The van der Waals surface area contributed by atoms with Crippen molar-refractivity contribution in [3.63, 3.8) is 0 Å². The molecule has 7 aromatic carbocycles. The van der Waals surface area contributed by atoms with Crippen molar-refractivity contribution in [3.8, 4) is 22.3 Å². The van der Waals surface area contributed by atoms with Crippen LogP contribution in [0.4, 0.5) is 0 Å². The maximum atomic E-state index is 2.36. The topological polar surface area (TPSA) is 0 Å². The van der Waals surface area contributed by atoms with E-state index < -0.39 is 0 Å². The molecule has 4 heteroatoms. The molecule has 7 aromatic rings. The molecule has 0 amide bonds. The van der Waals surface area contributed by atoms with Crippen molar-refractivity contribution < 1.29 is 48.1 Å². The number of rotatable bonds is 3. The van der Waals surface area contributed by atoms with Gasteiger partial charge in [-0.1, -0.05) is 112 Å². The van der Waals surface area contributed by atoms with Crippen molar-refractivity contribution in [2.24, 2.45) is 0 Å². The molecular formula is C43H44Cl2SiZr-2. The summed E-state index contributed by atoms with van der Waals surface area (Å²) in [6.45, 7) is 17.9. The van der Waals surface area contributed by atoms with Gasteiger partial charge in [0.15, 0.2) is 0 Å². The van der Waals surface area contributed by atoms with Crippen molar-refractivity contribution >= 4 is 37.8 Å². The fourth-order valence-electron chi connectivity index (χ4n) is 6.15. The Bertz CT molecular complexity index is 2120. The van der Waals surface area contributed by atoms with Gasteiger partial charge in [0.25, 0.3) is 0 Å². The third-order valence-electron chi connectivity index (χ3n) is 8.66. The van der Waals surface area contributed by atoms with Crippen LogP contribution in [0, 0.1) is 27.7 Å². The first kappa shape index (κ1) is 38.7. The van der Waals surface area contributed by atoms with Crippen molar-refractivity contribution in [3.05, 3.63) is 143 Å². The molecule has 0 aromatic heterocycles. The second kappa shape index (κ2) is 17.1. The van der Waals surface area contributed by atoms with E-state index in [0.29, 0.717) is 5.92 Å². The Morgan fingerprint density at radius 2 is 1.15 bits per heavy atom. The number of halogens is 2. The van der Waals surface area contributed by atoms with Gasteiger partial charge in [0.05, 0.1) is 0 Å². The molecule has 0 nitrogen and oxygen atoms in total.